The molecule has 2 rings (SSSR count). The molecule has 4 nitrogen and oxygen atoms in total. The van der Waals surface area contributed by atoms with Crippen molar-refractivity contribution in [3.63, 3.8) is 0 Å². The van der Waals surface area contributed by atoms with Gasteiger partial charge >= 0.3 is 0 Å². The third kappa shape index (κ3) is 2.74. The molecular weight excluding hydrogens is 242 g/mol. The molecule has 0 radical (unpaired) electrons. The van der Waals surface area contributed by atoms with Gasteiger partial charge in [-0.15, -0.1) is 0 Å². The Labute approximate surface area is 111 Å². The maximum Gasteiger partial charge on any atom is 0.250 e. The SMILES string of the molecule is COCCCNc1c(-c2ccc(C)cc2)c(=O)c1=O. The Morgan fingerprint density at radius 1 is 1.11 bits per heavy atom. The lowest BCUT2D eigenvalue weighted by atomic mass is 9.97. The van der Waals surface area contributed by atoms with E-state index in [2.05, 4.69) is 5.32 Å². The molecule has 0 spiro atoms. The Balaban J connectivity index is 2.18. The lowest BCUT2D eigenvalue weighted by Gasteiger charge is -2.13. The normalized spacial score (nSPS) is 10.8. The van der Waals surface area contributed by atoms with Gasteiger partial charge in [-0.3, -0.25) is 9.59 Å². The zero-order chi connectivity index (χ0) is 13.8. The first-order valence-electron chi connectivity index (χ1n) is 6.28. The van der Waals surface area contributed by atoms with Crippen LogP contribution in [-0.2, 0) is 4.74 Å². The van der Waals surface area contributed by atoms with E-state index in [-0.39, 0.29) is 0 Å². The first-order valence-corrected chi connectivity index (χ1v) is 6.28. The highest BCUT2D eigenvalue weighted by molar-refractivity contribution is 5.81. The van der Waals surface area contributed by atoms with E-state index in [1.165, 1.54) is 0 Å². The molecule has 0 atom stereocenters. The Morgan fingerprint density at radius 2 is 1.79 bits per heavy atom. The second-order valence-electron chi connectivity index (χ2n) is 4.55. The summed E-state index contributed by atoms with van der Waals surface area (Å²) in [6, 6.07) is 7.60. The van der Waals surface area contributed by atoms with Gasteiger partial charge in [0.15, 0.2) is 0 Å². The number of aryl methyl sites for hydroxylation is 1. The average Bonchev–Trinajstić information content (AvgIpc) is 2.43. The van der Waals surface area contributed by atoms with E-state index in [0.29, 0.717) is 24.4 Å². The number of hydrogen-bond acceptors (Lipinski definition) is 4. The molecule has 0 amide bonds. The maximum absolute atomic E-state index is 11.7. The van der Waals surface area contributed by atoms with Crippen molar-refractivity contribution in [2.75, 3.05) is 25.6 Å². The van der Waals surface area contributed by atoms with Gasteiger partial charge in [0.1, 0.15) is 0 Å². The Morgan fingerprint density at radius 3 is 2.42 bits per heavy atom. The summed E-state index contributed by atoms with van der Waals surface area (Å²) in [5, 5.41) is 3.03. The van der Waals surface area contributed by atoms with Gasteiger partial charge in [0.05, 0.1) is 11.3 Å². The predicted molar refractivity (Wildman–Crippen MR) is 76.5 cm³/mol. The topological polar surface area (TPSA) is 55.4 Å². The van der Waals surface area contributed by atoms with Crippen LogP contribution >= 0.6 is 0 Å². The van der Waals surface area contributed by atoms with Crippen molar-refractivity contribution in [2.24, 2.45) is 0 Å². The number of rotatable bonds is 6. The summed E-state index contributed by atoms with van der Waals surface area (Å²) in [7, 11) is 1.63. The third-order valence-electron chi connectivity index (χ3n) is 3.08. The number of nitrogens with one attached hydrogen (secondary N) is 1. The van der Waals surface area contributed by atoms with Crippen LogP contribution in [0.2, 0.25) is 0 Å². The monoisotopic (exact) mass is 259 g/mol. The molecule has 0 aliphatic heterocycles. The molecule has 0 saturated carbocycles. The summed E-state index contributed by atoms with van der Waals surface area (Å²) in [4.78, 5) is 23.2. The summed E-state index contributed by atoms with van der Waals surface area (Å²) in [5.41, 5.74) is 2.03. The second kappa shape index (κ2) is 5.80. The third-order valence-corrected chi connectivity index (χ3v) is 3.08. The van der Waals surface area contributed by atoms with E-state index in [1.807, 2.05) is 31.2 Å². The summed E-state index contributed by atoms with van der Waals surface area (Å²) >= 11 is 0. The highest BCUT2D eigenvalue weighted by Crippen LogP contribution is 2.23. The Hall–Kier alpha value is -1.94. The zero-order valence-electron chi connectivity index (χ0n) is 11.2. The van der Waals surface area contributed by atoms with Gasteiger partial charge < -0.3 is 10.1 Å². The molecule has 0 aliphatic rings. The van der Waals surface area contributed by atoms with Crippen molar-refractivity contribution in [1.29, 1.82) is 0 Å². The van der Waals surface area contributed by atoms with E-state index in [4.69, 9.17) is 4.74 Å². The van der Waals surface area contributed by atoms with Crippen LogP contribution in [0.3, 0.4) is 0 Å². The molecule has 0 fully saturated rings. The molecule has 100 valence electrons. The number of methoxy groups -OCH3 is 1. The Kier molecular flexibility index (Phi) is 4.12. The summed E-state index contributed by atoms with van der Waals surface area (Å²) < 4.78 is 4.94. The molecule has 2 aromatic carbocycles. The molecule has 2 aromatic rings. The smallest absolute Gasteiger partial charge is 0.250 e. The number of benzene rings is 1. The molecular formula is C15H17NO3. The van der Waals surface area contributed by atoms with E-state index in [9.17, 15) is 9.59 Å². The average molecular weight is 259 g/mol. The summed E-state index contributed by atoms with van der Waals surface area (Å²) in [6.45, 7) is 3.23. The molecule has 1 N–H and O–H groups in total. The quantitative estimate of drug-likeness (QED) is 0.634. The van der Waals surface area contributed by atoms with E-state index in [0.717, 1.165) is 17.5 Å². The van der Waals surface area contributed by atoms with Crippen LogP contribution in [0.15, 0.2) is 33.9 Å². The minimum absolute atomic E-state index is 0.405. The van der Waals surface area contributed by atoms with Crippen LogP contribution in [0.25, 0.3) is 11.1 Å². The van der Waals surface area contributed by atoms with E-state index >= 15 is 0 Å². The van der Waals surface area contributed by atoms with Gasteiger partial charge in [0.25, 0.3) is 0 Å². The molecule has 0 unspecified atom stereocenters. The molecule has 19 heavy (non-hydrogen) atoms. The van der Waals surface area contributed by atoms with E-state index < -0.39 is 10.9 Å². The van der Waals surface area contributed by atoms with Gasteiger partial charge in [-0.2, -0.15) is 0 Å². The number of ether oxygens (including phenoxy) is 1. The molecule has 0 aromatic heterocycles. The molecule has 0 saturated heterocycles. The summed E-state index contributed by atoms with van der Waals surface area (Å²) in [5.74, 6) is 0. The fourth-order valence-electron chi connectivity index (χ4n) is 1.99. The summed E-state index contributed by atoms with van der Waals surface area (Å²) in [6.07, 6.45) is 0.794. The van der Waals surface area contributed by atoms with E-state index in [1.54, 1.807) is 7.11 Å². The van der Waals surface area contributed by atoms with Crippen molar-refractivity contribution in [2.45, 2.75) is 13.3 Å². The van der Waals surface area contributed by atoms with Crippen LogP contribution in [0.1, 0.15) is 12.0 Å². The minimum Gasteiger partial charge on any atom is -0.385 e. The van der Waals surface area contributed by atoms with Gasteiger partial charge in [-0.05, 0) is 18.9 Å². The van der Waals surface area contributed by atoms with Crippen LogP contribution in [0.4, 0.5) is 5.69 Å². The lowest BCUT2D eigenvalue weighted by molar-refractivity contribution is 0.198. The van der Waals surface area contributed by atoms with Crippen LogP contribution in [-0.4, -0.2) is 20.3 Å². The molecule has 0 bridgehead atoms. The molecule has 4 heteroatoms. The van der Waals surface area contributed by atoms with Crippen molar-refractivity contribution < 1.29 is 4.74 Å². The van der Waals surface area contributed by atoms with Crippen LogP contribution < -0.4 is 16.2 Å². The van der Waals surface area contributed by atoms with Crippen molar-refractivity contribution >= 4 is 5.69 Å². The first kappa shape index (κ1) is 13.5. The standard InChI is InChI=1S/C15H17NO3/c1-10-4-6-11(7-5-10)12-13(15(18)14(12)17)16-8-3-9-19-2/h4-7,16H,3,8-9H2,1-2H3. The minimum atomic E-state index is -0.423. The highest BCUT2D eigenvalue weighted by atomic mass is 16.5. The highest BCUT2D eigenvalue weighted by Gasteiger charge is 2.21. The number of hydrogen-bond donors (Lipinski definition) is 1. The number of anilines is 1. The Bertz CT molecular complexity index is 622. The van der Waals surface area contributed by atoms with Crippen LogP contribution in [0, 0.1) is 6.92 Å². The maximum atomic E-state index is 11.7. The fraction of sp³-hybridized carbons (Fsp3) is 0.333. The van der Waals surface area contributed by atoms with Crippen molar-refractivity contribution in [3.8, 4) is 11.1 Å². The van der Waals surface area contributed by atoms with Gasteiger partial charge in [0.2, 0.25) is 10.9 Å². The van der Waals surface area contributed by atoms with Crippen LogP contribution in [0.5, 0.6) is 0 Å². The van der Waals surface area contributed by atoms with Gasteiger partial charge in [-0.25, -0.2) is 0 Å². The largest absolute Gasteiger partial charge is 0.385 e. The van der Waals surface area contributed by atoms with Gasteiger partial charge in [-0.1, -0.05) is 29.8 Å². The van der Waals surface area contributed by atoms with Crippen molar-refractivity contribution in [3.05, 3.63) is 50.3 Å². The predicted octanol–water partition coefficient (Wildman–Crippen LogP) is 1.71. The molecule has 0 heterocycles. The second-order valence-corrected chi connectivity index (χ2v) is 4.55. The fourth-order valence-corrected chi connectivity index (χ4v) is 1.99. The zero-order valence-corrected chi connectivity index (χ0v) is 11.2. The lowest BCUT2D eigenvalue weighted by Crippen LogP contribution is -2.36. The van der Waals surface area contributed by atoms with Crippen molar-refractivity contribution in [1.82, 2.24) is 0 Å². The molecule has 0 aliphatic carbocycles. The van der Waals surface area contributed by atoms with Gasteiger partial charge in [0, 0.05) is 20.3 Å². The first-order chi connectivity index (χ1) is 9.15.